The van der Waals surface area contributed by atoms with Crippen molar-refractivity contribution < 1.29 is 14.6 Å². The fourth-order valence-corrected chi connectivity index (χ4v) is 4.56. The molecule has 1 aliphatic carbocycles. The molecule has 1 saturated carbocycles. The number of nitrogens with two attached hydrogens (primary N) is 1. The van der Waals surface area contributed by atoms with Gasteiger partial charge in [-0.25, -0.2) is 4.68 Å². The van der Waals surface area contributed by atoms with Crippen LogP contribution in [0.15, 0.2) is 70.1 Å². The lowest BCUT2D eigenvalue weighted by molar-refractivity contribution is 0.0998. The van der Waals surface area contributed by atoms with Gasteiger partial charge < -0.3 is 15.6 Å². The molecule has 7 nitrogen and oxygen atoms in total. The summed E-state index contributed by atoms with van der Waals surface area (Å²) in [6, 6.07) is 17.1. The average molecular weight is 459 g/mol. The minimum absolute atomic E-state index is 0.0608. The topological polar surface area (TPSA) is 102 Å². The van der Waals surface area contributed by atoms with Crippen LogP contribution in [0.4, 0.5) is 0 Å². The minimum Gasteiger partial charge on any atom is -0.507 e. The van der Waals surface area contributed by atoms with Crippen LogP contribution < -0.4 is 15.3 Å². The monoisotopic (exact) mass is 458 g/mol. The Morgan fingerprint density at radius 3 is 2.79 bits per heavy atom. The molecule has 0 aliphatic heterocycles. The van der Waals surface area contributed by atoms with Crippen LogP contribution in [0.2, 0.25) is 0 Å². The van der Waals surface area contributed by atoms with Gasteiger partial charge in [-0.15, -0.1) is 11.3 Å². The summed E-state index contributed by atoms with van der Waals surface area (Å²) in [5, 5.41) is 18.8. The molecular weight excluding hydrogens is 436 g/mol. The molecule has 1 heterocycles. The Kier molecular flexibility index (Phi) is 5.43. The number of aromatic hydroxyl groups is 1. The summed E-state index contributed by atoms with van der Waals surface area (Å²) in [6.45, 7) is 0. The van der Waals surface area contributed by atoms with Crippen molar-refractivity contribution >= 4 is 34.2 Å². The molecule has 4 aromatic rings. The van der Waals surface area contributed by atoms with Gasteiger partial charge in [-0.3, -0.25) is 9.79 Å². The van der Waals surface area contributed by atoms with E-state index in [9.17, 15) is 9.90 Å². The molecule has 1 aromatic heterocycles. The lowest BCUT2D eigenvalue weighted by Gasteiger charge is -2.09. The lowest BCUT2D eigenvalue weighted by atomic mass is 10.0. The zero-order valence-electron chi connectivity index (χ0n) is 17.9. The molecule has 0 spiro atoms. The molecule has 5 rings (SSSR count). The third kappa shape index (κ3) is 4.12. The number of hydrogen-bond donors (Lipinski definition) is 2. The normalized spacial score (nSPS) is 14.3. The summed E-state index contributed by atoms with van der Waals surface area (Å²) in [6.07, 6.45) is 3.91. The van der Waals surface area contributed by atoms with Gasteiger partial charge in [0.1, 0.15) is 11.5 Å². The fraction of sp³-hybridized carbons (Fsp3) is 0.160. The van der Waals surface area contributed by atoms with Gasteiger partial charge in [0.25, 0.3) is 5.91 Å². The van der Waals surface area contributed by atoms with Crippen molar-refractivity contribution in [3.63, 3.8) is 0 Å². The maximum absolute atomic E-state index is 11.8. The van der Waals surface area contributed by atoms with Crippen molar-refractivity contribution in [2.24, 2.45) is 15.8 Å². The maximum Gasteiger partial charge on any atom is 0.252 e. The van der Waals surface area contributed by atoms with Crippen molar-refractivity contribution in [1.82, 2.24) is 4.68 Å². The average Bonchev–Trinajstić information content (AvgIpc) is 3.56. The number of thiazole rings is 1. The molecule has 166 valence electrons. The Morgan fingerprint density at radius 1 is 1.21 bits per heavy atom. The van der Waals surface area contributed by atoms with Crippen LogP contribution in [0.1, 0.15) is 28.8 Å². The molecule has 8 heteroatoms. The van der Waals surface area contributed by atoms with E-state index in [0.29, 0.717) is 11.6 Å². The highest BCUT2D eigenvalue weighted by Crippen LogP contribution is 2.29. The lowest BCUT2D eigenvalue weighted by Crippen LogP contribution is -2.14. The predicted molar refractivity (Wildman–Crippen MR) is 130 cm³/mol. The molecule has 1 fully saturated rings. The van der Waals surface area contributed by atoms with Gasteiger partial charge in [-0.05, 0) is 47.9 Å². The van der Waals surface area contributed by atoms with Crippen molar-refractivity contribution in [3.05, 3.63) is 75.9 Å². The molecule has 3 aromatic carbocycles. The molecular formula is C25H22N4O3S. The highest BCUT2D eigenvalue weighted by atomic mass is 32.1. The Labute approximate surface area is 194 Å². The number of methoxy groups -OCH3 is 1. The SMILES string of the molecule is COc1ccc2ccccc2c1/C=N\n1c(-c2ccc(O)c(C(N)=O)c2)csc1=NC1CC1. The van der Waals surface area contributed by atoms with Crippen molar-refractivity contribution in [1.29, 1.82) is 0 Å². The molecule has 0 atom stereocenters. The van der Waals surface area contributed by atoms with Crippen LogP contribution >= 0.6 is 11.3 Å². The van der Waals surface area contributed by atoms with E-state index >= 15 is 0 Å². The number of fused-ring (bicyclic) bond motifs is 1. The summed E-state index contributed by atoms with van der Waals surface area (Å²) in [4.78, 5) is 17.3. The number of ether oxygens (including phenoxy) is 1. The number of aromatic nitrogens is 1. The second kappa shape index (κ2) is 8.55. The third-order valence-electron chi connectivity index (χ3n) is 5.54. The number of rotatable bonds is 6. The Balaban J connectivity index is 1.67. The van der Waals surface area contributed by atoms with E-state index < -0.39 is 5.91 Å². The third-order valence-corrected chi connectivity index (χ3v) is 6.37. The maximum atomic E-state index is 11.8. The van der Waals surface area contributed by atoms with Crippen molar-refractivity contribution in [3.8, 4) is 22.8 Å². The van der Waals surface area contributed by atoms with Crippen molar-refractivity contribution in [2.75, 3.05) is 7.11 Å². The highest BCUT2D eigenvalue weighted by Gasteiger charge is 2.21. The molecule has 1 aliphatic rings. The first-order chi connectivity index (χ1) is 16.0. The van der Waals surface area contributed by atoms with Crippen LogP contribution in [-0.2, 0) is 0 Å². The first-order valence-electron chi connectivity index (χ1n) is 10.5. The van der Waals surface area contributed by atoms with E-state index in [1.54, 1.807) is 30.1 Å². The largest absolute Gasteiger partial charge is 0.507 e. The molecule has 33 heavy (non-hydrogen) atoms. The van der Waals surface area contributed by atoms with Gasteiger partial charge in [0.2, 0.25) is 4.80 Å². The molecule has 1 amide bonds. The zero-order valence-corrected chi connectivity index (χ0v) is 18.7. The zero-order chi connectivity index (χ0) is 22.9. The number of nitrogens with zero attached hydrogens (tertiary/aromatic N) is 3. The summed E-state index contributed by atoms with van der Waals surface area (Å²) >= 11 is 1.48. The van der Waals surface area contributed by atoms with Crippen LogP contribution in [0.25, 0.3) is 22.0 Å². The molecule has 3 N–H and O–H groups in total. The van der Waals surface area contributed by atoms with E-state index in [4.69, 9.17) is 20.6 Å². The first kappa shape index (κ1) is 21.0. The van der Waals surface area contributed by atoms with Crippen LogP contribution in [0.5, 0.6) is 11.5 Å². The Morgan fingerprint density at radius 2 is 2.03 bits per heavy atom. The highest BCUT2D eigenvalue weighted by molar-refractivity contribution is 7.07. The number of carbonyl (C=O) groups excluding carboxylic acids is 1. The van der Waals surface area contributed by atoms with E-state index in [2.05, 4.69) is 0 Å². The van der Waals surface area contributed by atoms with E-state index in [1.807, 2.05) is 41.8 Å². The Bertz CT molecular complexity index is 1460. The van der Waals surface area contributed by atoms with Crippen molar-refractivity contribution in [2.45, 2.75) is 18.9 Å². The second-order valence-corrected chi connectivity index (χ2v) is 8.66. The molecule has 0 bridgehead atoms. The van der Waals surface area contributed by atoms with Crippen LogP contribution in [0, 0.1) is 0 Å². The van der Waals surface area contributed by atoms with Crippen LogP contribution in [-0.4, -0.2) is 35.1 Å². The second-order valence-electron chi connectivity index (χ2n) is 7.82. The summed E-state index contributed by atoms with van der Waals surface area (Å²) in [5.74, 6) is -0.126. The van der Waals surface area contributed by atoms with Gasteiger partial charge in [0.05, 0.1) is 30.6 Å². The predicted octanol–water partition coefficient (Wildman–Crippen LogP) is 4.13. The number of primary amides is 1. The molecule has 0 unspecified atom stereocenters. The number of benzene rings is 3. The Hall–Kier alpha value is -3.91. The summed E-state index contributed by atoms with van der Waals surface area (Å²) < 4.78 is 7.36. The van der Waals surface area contributed by atoms with E-state index in [0.717, 1.165) is 45.4 Å². The smallest absolute Gasteiger partial charge is 0.252 e. The fourth-order valence-electron chi connectivity index (χ4n) is 3.65. The van der Waals surface area contributed by atoms with Gasteiger partial charge in [0.15, 0.2) is 0 Å². The number of hydrogen-bond acceptors (Lipinski definition) is 6. The van der Waals surface area contributed by atoms with E-state index in [1.165, 1.54) is 17.4 Å². The van der Waals surface area contributed by atoms with Gasteiger partial charge in [-0.1, -0.05) is 30.3 Å². The quantitative estimate of drug-likeness (QED) is 0.425. The number of carbonyl (C=O) groups is 1. The minimum atomic E-state index is -0.692. The summed E-state index contributed by atoms with van der Waals surface area (Å²) in [5.41, 5.74) is 7.81. The molecule has 0 saturated heterocycles. The van der Waals surface area contributed by atoms with Crippen LogP contribution in [0.3, 0.4) is 0 Å². The van der Waals surface area contributed by atoms with Gasteiger partial charge in [-0.2, -0.15) is 5.10 Å². The molecule has 0 radical (unpaired) electrons. The number of amides is 1. The standard InChI is InChI=1S/C25H22N4O3S/c1-32-23-11-7-15-4-2-3-5-18(15)20(23)13-27-29-21(14-33-25(29)28-17-8-9-17)16-6-10-22(30)19(12-16)24(26)31/h2-7,10-14,17,30H,8-9H2,1H3,(H2,26,31)/b27-13-,28-25?. The first-order valence-corrected chi connectivity index (χ1v) is 11.4. The summed E-state index contributed by atoms with van der Waals surface area (Å²) in [7, 11) is 1.64. The van der Waals surface area contributed by atoms with E-state index in [-0.39, 0.29) is 11.3 Å². The van der Waals surface area contributed by atoms with Gasteiger partial charge in [0, 0.05) is 16.5 Å². The van der Waals surface area contributed by atoms with Gasteiger partial charge >= 0.3 is 0 Å². The number of phenols is 1.